The largest absolute Gasteiger partial charge is 1.00 e. The molecule has 21 saturated heterocycles. The van der Waals surface area contributed by atoms with Gasteiger partial charge < -0.3 is 165 Å². The van der Waals surface area contributed by atoms with E-state index >= 15 is 0 Å². The van der Waals surface area contributed by atoms with E-state index in [0.717, 1.165) is 99.5 Å². The van der Waals surface area contributed by atoms with Crippen molar-refractivity contribution >= 4 is 72.8 Å². The van der Waals surface area contributed by atoms with E-state index in [1.807, 2.05) is 0 Å². The van der Waals surface area contributed by atoms with Crippen LogP contribution in [0.5, 0.6) is 0 Å². The van der Waals surface area contributed by atoms with Crippen LogP contribution in [0.3, 0.4) is 0 Å². The molecule has 0 aliphatic carbocycles. The summed E-state index contributed by atoms with van der Waals surface area (Å²) in [5.74, 6) is 0. The summed E-state index contributed by atoms with van der Waals surface area (Å²) in [5.41, 5.74) is 0. The normalized spacial score (nSPS) is 38.7. The van der Waals surface area contributed by atoms with Gasteiger partial charge in [-0.2, -0.15) is 0 Å². The fourth-order valence-corrected chi connectivity index (χ4v) is 16.9. The monoisotopic (exact) mass is 2040 g/mol. The van der Waals surface area contributed by atoms with E-state index in [0.29, 0.717) is 0 Å². The Balaban J connectivity index is 0.0000113. The molecule has 21 aliphatic heterocycles. The molecule has 126 heavy (non-hydrogen) atoms. The zero-order chi connectivity index (χ0) is 88.4. The summed E-state index contributed by atoms with van der Waals surface area (Å²) < 4.78 is 466. The molecule has 21 heterocycles. The van der Waals surface area contributed by atoms with Crippen molar-refractivity contribution in [3.05, 3.63) is 0 Å². The third-order valence-electron chi connectivity index (χ3n) is 19.6. The third-order valence-corrected chi connectivity index (χ3v) is 22.6. The zero-order valence-corrected chi connectivity index (χ0v) is 91.6. The van der Waals surface area contributed by atoms with Gasteiger partial charge in [0.15, 0.2) is 44.0 Å². The summed E-state index contributed by atoms with van der Waals surface area (Å²) in [5, 5.41) is 0. The van der Waals surface area contributed by atoms with E-state index in [4.69, 9.17) is 162 Å². The first-order valence-corrected chi connectivity index (χ1v) is 43.8. The SMILES string of the molecule is CO[C@@H]1[C@@H](OC)[C@H]2O[C@H]3[C@H](OC)[C@@H](OC)[C@@H](O[C@H]4[C@H](OC)[C@@H](OC)[C@@H](O[C@H]5[C@H](OC)[C@@H](OC)[C@@H](O[C@H]6[C@H](OC)[C@@H](OC)[C@@H](O[C@H]7[C@H](OC)[C@@H](OC)[C@@H](O[C@H]8[C@H](OC)[C@@H](OC)C(O[C@@H]1[C@@H](COS(=O)(=O)[O-])O2)O[C@@H]8COS(=O)(=O)[O-])O[C@@H]7COS(=O)(=O)[O-])O[C@@H]6COS(=O)(=O)[O-])O[C@@H]5COS(=O)(=O)[O-])O[C@@H]4COS(=O)(=O)[O-])O[C@@H]3COS(=O)(=O)[O-].[Na+].[Na+].[Na+].[Na+].[Na+].[Na+].[Na+]. The van der Waals surface area contributed by atoms with Crippen molar-refractivity contribution in [2.45, 2.75) is 215 Å². The Morgan fingerprint density at radius 2 is 0.254 bits per heavy atom. The number of hydrogen-bond donors (Lipinski definition) is 0. The molecule has 700 valence electrons. The van der Waals surface area contributed by atoms with Crippen LogP contribution in [-0.4, -0.2) is 452 Å². The van der Waals surface area contributed by atoms with Crippen LogP contribution >= 0.6 is 0 Å². The number of hydrogen-bond acceptors (Lipinski definition) is 56. The van der Waals surface area contributed by atoms with Crippen LogP contribution in [0.25, 0.3) is 0 Å². The summed E-state index contributed by atoms with van der Waals surface area (Å²) in [4.78, 5) is 0. The van der Waals surface area contributed by atoms with Gasteiger partial charge in [0.25, 0.3) is 0 Å². The molecule has 1 unspecified atom stereocenters. The standard InChI is InChI=1S/C56H98O56S7.7Na/c1-78-36-29-22(15-92-113(57,58)59)99-50(43(36)85-8)107-30-23(16-93-114(60,61)62)101-52(45(87-10)37(30)79-2)109-32-25(18-95-116(66,67)68)103-54(47(89-12)39(32)81-4)111-34-27(20-97-118(72,73)74)105-56(49(91-14)41(34)83-6)112-35-28(21-98-119(75,76)77)104-55(48(90-13)42(35)84-7)110-33-26(19-96-117(69,70)71)102-53(46(88-11)40(33)82-5)108-31-24(17-94-115(63,64)65)100-51(106-29)44(86-9)38(31)80-3;;;;;;;/h22-56H,15-21H2,1-14H3,(H,57,58,59)(H,60,61,62)(H,63,64,65)(H,66,67,68)(H,69,70,71)(H,72,73,74)(H,75,76,77);;;;;;;/q;7*+1/p-7/t22-,23-,24-,25-,26-,27-,28-,29-,30-,31-,32-,33-,34-,35-,36+,37+,38+,39+,40+,41+,42+,43-,44-,45-,46-,47-,48-,49-,50-,51-,52-,53-,54-,55-,56?;;;;;;;/m1......./s1. The summed E-state index contributed by atoms with van der Waals surface area (Å²) in [6.45, 7) is -9.72. The first-order valence-electron chi connectivity index (χ1n) is 34.5. The van der Waals surface area contributed by atoms with E-state index in [2.05, 4.69) is 0 Å². The van der Waals surface area contributed by atoms with Crippen molar-refractivity contribution in [2.24, 2.45) is 0 Å². The molecular weight excluding hydrogens is 1950 g/mol. The quantitative estimate of drug-likeness (QED) is 0.0323. The summed E-state index contributed by atoms with van der Waals surface area (Å²) in [7, 11) is -26.3. The van der Waals surface area contributed by atoms with Gasteiger partial charge in [-0.15, -0.1) is 0 Å². The summed E-state index contributed by atoms with van der Waals surface area (Å²) in [6.07, 6.45) is -68.5. The molecule has 56 nitrogen and oxygen atoms in total. The molecule has 21 rings (SSSR count). The van der Waals surface area contributed by atoms with Crippen molar-refractivity contribution in [1.82, 2.24) is 0 Å². The van der Waals surface area contributed by atoms with Gasteiger partial charge in [0.2, 0.25) is 72.8 Å². The van der Waals surface area contributed by atoms with E-state index in [1.165, 1.54) is 0 Å². The maximum atomic E-state index is 12.4. The number of methoxy groups -OCH3 is 14. The van der Waals surface area contributed by atoms with Gasteiger partial charge >= 0.3 is 207 Å². The Kier molecular flexibility index (Phi) is 58.8. The Hall–Kier alpha value is 4.97. The molecule has 21 fully saturated rings. The van der Waals surface area contributed by atoms with Gasteiger partial charge in [-0.3, -0.25) is 29.3 Å². The minimum absolute atomic E-state index is 0. The first kappa shape index (κ1) is 129. The molecule has 21 aliphatic rings. The minimum atomic E-state index is -5.77. The molecule has 35 atom stereocenters. The second-order valence-electron chi connectivity index (χ2n) is 26.2. The van der Waals surface area contributed by atoms with E-state index in [-0.39, 0.29) is 207 Å². The fraction of sp³-hybridized carbons (Fsp3) is 1.00. The molecule has 70 heteroatoms. The van der Waals surface area contributed by atoms with Gasteiger partial charge in [0.1, 0.15) is 171 Å². The Labute approximate surface area is 881 Å². The predicted octanol–water partition coefficient (Wildman–Crippen LogP) is -30.7. The van der Waals surface area contributed by atoms with Crippen LogP contribution in [0.2, 0.25) is 0 Å². The predicted molar refractivity (Wildman–Crippen MR) is 355 cm³/mol. The molecule has 0 aromatic rings. The van der Waals surface area contributed by atoms with Crippen molar-refractivity contribution in [1.29, 1.82) is 0 Å². The maximum Gasteiger partial charge on any atom is 1.00 e. The Morgan fingerprint density at radius 3 is 0.325 bits per heavy atom. The Morgan fingerprint density at radius 1 is 0.167 bits per heavy atom. The topological polar surface area (TPSA) is 723 Å². The molecular formula is C56H91Na7O56S7. The number of ether oxygens (including phenoxy) is 28. The van der Waals surface area contributed by atoms with E-state index < -0.39 is 334 Å². The van der Waals surface area contributed by atoms with Gasteiger partial charge in [-0.25, -0.2) is 58.9 Å². The van der Waals surface area contributed by atoms with Crippen LogP contribution in [0, 0.1) is 0 Å². The molecule has 0 saturated carbocycles. The van der Waals surface area contributed by atoms with Crippen molar-refractivity contribution in [3.63, 3.8) is 0 Å². The molecule has 0 N–H and O–H groups in total. The van der Waals surface area contributed by atoms with Crippen molar-refractivity contribution in [2.75, 3.05) is 146 Å². The average molecular weight is 2050 g/mol. The molecule has 0 radical (unpaired) electrons. The second kappa shape index (κ2) is 57.5. The van der Waals surface area contributed by atoms with Crippen LogP contribution in [-0.2, 0) is 235 Å². The van der Waals surface area contributed by atoms with Crippen molar-refractivity contribution < 1.29 is 460 Å². The second-order valence-corrected chi connectivity index (χ2v) is 33.5. The van der Waals surface area contributed by atoms with E-state index in [9.17, 15) is 90.8 Å². The number of rotatable bonds is 35. The van der Waals surface area contributed by atoms with Crippen LogP contribution < -0.4 is 207 Å². The molecule has 0 aromatic heterocycles. The van der Waals surface area contributed by atoms with Gasteiger partial charge in [-0.1, -0.05) is 0 Å². The fourth-order valence-electron chi connectivity index (χ4n) is 14.8. The zero-order valence-electron chi connectivity index (χ0n) is 71.9. The average Bonchev–Trinajstić information content (AvgIpc) is 0.768. The van der Waals surface area contributed by atoms with Crippen LogP contribution in [0.1, 0.15) is 0 Å². The molecule has 0 amide bonds. The molecule has 0 spiro atoms. The molecule has 14 bridgehead atoms. The van der Waals surface area contributed by atoms with Crippen LogP contribution in [0.4, 0.5) is 0 Å². The third kappa shape index (κ3) is 35.8. The van der Waals surface area contributed by atoms with Crippen LogP contribution in [0.15, 0.2) is 0 Å². The van der Waals surface area contributed by atoms with Crippen molar-refractivity contribution in [3.8, 4) is 0 Å². The maximum absolute atomic E-state index is 12.4. The summed E-state index contributed by atoms with van der Waals surface area (Å²) >= 11 is 0. The van der Waals surface area contributed by atoms with Gasteiger partial charge in [0, 0.05) is 99.5 Å². The first-order chi connectivity index (χ1) is 55.7. The van der Waals surface area contributed by atoms with E-state index in [1.54, 1.807) is 0 Å². The van der Waals surface area contributed by atoms with Gasteiger partial charge in [0.05, 0.1) is 46.2 Å². The summed E-state index contributed by atoms with van der Waals surface area (Å²) in [6, 6.07) is 0. The minimum Gasteiger partial charge on any atom is -0.726 e. The molecule has 0 aromatic carbocycles. The Bertz CT molecular complexity index is 3320. The smallest absolute Gasteiger partial charge is 0.726 e. The van der Waals surface area contributed by atoms with Gasteiger partial charge in [-0.05, 0) is 0 Å².